The summed E-state index contributed by atoms with van der Waals surface area (Å²) in [5.74, 6) is -0.292. The number of aromatic nitrogens is 2. The van der Waals surface area contributed by atoms with Crippen molar-refractivity contribution < 1.29 is 9.59 Å². The molecule has 1 heterocycles. The fourth-order valence-corrected chi connectivity index (χ4v) is 1.64. The first-order valence-corrected chi connectivity index (χ1v) is 6.33. The summed E-state index contributed by atoms with van der Waals surface area (Å²) in [7, 11) is 0. The van der Waals surface area contributed by atoms with Crippen LogP contribution in [-0.2, 0) is 11.3 Å². The van der Waals surface area contributed by atoms with Gasteiger partial charge in [0.25, 0.3) is 5.91 Å². The normalized spacial score (nSPS) is 10.0. The van der Waals surface area contributed by atoms with Crippen LogP contribution >= 0.6 is 0 Å². The molecule has 6 nitrogen and oxygen atoms in total. The molecule has 0 aliphatic heterocycles. The molecular weight excluding hydrogens is 256 g/mol. The number of nitrogens with one attached hydrogen (secondary N) is 3. The molecule has 2 aromatic rings. The van der Waals surface area contributed by atoms with Crippen molar-refractivity contribution in [2.24, 2.45) is 0 Å². The van der Waals surface area contributed by atoms with E-state index in [4.69, 9.17) is 0 Å². The van der Waals surface area contributed by atoms with E-state index >= 15 is 0 Å². The summed E-state index contributed by atoms with van der Waals surface area (Å²) >= 11 is 0. The fraction of sp³-hybridized carbons (Fsp3) is 0.214. The van der Waals surface area contributed by atoms with Crippen LogP contribution in [0, 0.1) is 0 Å². The van der Waals surface area contributed by atoms with Gasteiger partial charge in [-0.15, -0.1) is 0 Å². The summed E-state index contributed by atoms with van der Waals surface area (Å²) in [5, 5.41) is 5.44. The van der Waals surface area contributed by atoms with Crippen molar-refractivity contribution in [1.82, 2.24) is 20.6 Å². The van der Waals surface area contributed by atoms with Crippen LogP contribution in [0.4, 0.5) is 0 Å². The number of amides is 2. The Morgan fingerprint density at radius 1 is 1.15 bits per heavy atom. The Kier molecular flexibility index (Phi) is 4.88. The lowest BCUT2D eigenvalue weighted by Gasteiger charge is -2.06. The van der Waals surface area contributed by atoms with E-state index < -0.39 is 0 Å². The number of benzene rings is 1. The molecule has 6 heteroatoms. The van der Waals surface area contributed by atoms with Crippen LogP contribution in [0.25, 0.3) is 0 Å². The molecule has 3 N–H and O–H groups in total. The van der Waals surface area contributed by atoms with Crippen molar-refractivity contribution >= 4 is 11.8 Å². The van der Waals surface area contributed by atoms with Gasteiger partial charge in [0.1, 0.15) is 0 Å². The smallest absolute Gasteiger partial charge is 0.251 e. The minimum Gasteiger partial charge on any atom is -0.352 e. The van der Waals surface area contributed by atoms with Crippen LogP contribution in [0.3, 0.4) is 0 Å². The average molecular weight is 272 g/mol. The van der Waals surface area contributed by atoms with Gasteiger partial charge in [-0.1, -0.05) is 18.2 Å². The highest BCUT2D eigenvalue weighted by Crippen LogP contribution is 1.97. The molecule has 1 aromatic heterocycles. The average Bonchev–Trinajstić information content (AvgIpc) is 2.99. The van der Waals surface area contributed by atoms with E-state index in [1.54, 1.807) is 36.8 Å². The number of hydrogen-bond donors (Lipinski definition) is 3. The third-order valence-electron chi connectivity index (χ3n) is 2.70. The third-order valence-corrected chi connectivity index (χ3v) is 2.70. The zero-order chi connectivity index (χ0) is 14.2. The molecule has 0 radical (unpaired) electrons. The Morgan fingerprint density at radius 3 is 2.65 bits per heavy atom. The van der Waals surface area contributed by atoms with E-state index in [9.17, 15) is 9.59 Å². The van der Waals surface area contributed by atoms with Crippen molar-refractivity contribution in [1.29, 1.82) is 0 Å². The highest BCUT2D eigenvalue weighted by molar-refractivity contribution is 5.94. The van der Waals surface area contributed by atoms with Gasteiger partial charge in [-0.2, -0.15) is 0 Å². The maximum absolute atomic E-state index is 11.7. The number of carbonyl (C=O) groups is 2. The molecule has 0 bridgehead atoms. The van der Waals surface area contributed by atoms with Gasteiger partial charge in [0, 0.05) is 24.7 Å². The minimum absolute atomic E-state index is 0.118. The molecule has 104 valence electrons. The van der Waals surface area contributed by atoms with Gasteiger partial charge < -0.3 is 15.6 Å². The molecule has 2 amide bonds. The monoisotopic (exact) mass is 272 g/mol. The van der Waals surface area contributed by atoms with Crippen molar-refractivity contribution in [2.75, 3.05) is 6.54 Å². The molecule has 0 spiro atoms. The molecule has 0 aliphatic carbocycles. The van der Waals surface area contributed by atoms with Gasteiger partial charge in [-0.3, -0.25) is 9.59 Å². The summed E-state index contributed by atoms with van der Waals surface area (Å²) < 4.78 is 0. The Labute approximate surface area is 116 Å². The van der Waals surface area contributed by atoms with Crippen LogP contribution in [0.15, 0.2) is 42.9 Å². The quantitative estimate of drug-likeness (QED) is 0.728. The van der Waals surface area contributed by atoms with Crippen molar-refractivity contribution in [3.05, 3.63) is 54.1 Å². The molecule has 0 fully saturated rings. The molecule has 1 aromatic carbocycles. The molecule has 2 rings (SSSR count). The van der Waals surface area contributed by atoms with Gasteiger partial charge >= 0.3 is 0 Å². The molecule has 0 aliphatic rings. The summed E-state index contributed by atoms with van der Waals surface area (Å²) in [6, 6.07) is 8.90. The minimum atomic E-state index is -0.174. The van der Waals surface area contributed by atoms with E-state index in [1.807, 2.05) is 6.07 Å². The van der Waals surface area contributed by atoms with E-state index in [0.29, 0.717) is 18.7 Å². The Morgan fingerprint density at radius 2 is 1.95 bits per heavy atom. The summed E-state index contributed by atoms with van der Waals surface area (Å²) in [4.78, 5) is 30.0. The number of nitrogens with zero attached hydrogens (tertiary/aromatic N) is 1. The maximum Gasteiger partial charge on any atom is 0.251 e. The molecule has 0 saturated carbocycles. The molecule has 0 unspecified atom stereocenters. The predicted molar refractivity (Wildman–Crippen MR) is 73.8 cm³/mol. The van der Waals surface area contributed by atoms with Gasteiger partial charge in [0.15, 0.2) is 0 Å². The number of carbonyl (C=O) groups excluding carboxylic acids is 2. The van der Waals surface area contributed by atoms with Gasteiger partial charge in [-0.25, -0.2) is 4.98 Å². The lowest BCUT2D eigenvalue weighted by atomic mass is 10.2. The molecular formula is C14H16N4O2. The number of imidazole rings is 1. The first-order valence-electron chi connectivity index (χ1n) is 6.33. The topological polar surface area (TPSA) is 86.9 Å². The second kappa shape index (κ2) is 7.08. The highest BCUT2D eigenvalue weighted by Gasteiger charge is 2.06. The van der Waals surface area contributed by atoms with Crippen molar-refractivity contribution in [3.63, 3.8) is 0 Å². The number of rotatable bonds is 6. The van der Waals surface area contributed by atoms with E-state index in [1.165, 1.54) is 0 Å². The SMILES string of the molecule is O=C(CCNC(=O)c1ccccc1)NCc1cnc[nH]1. The number of aromatic amines is 1. The van der Waals surface area contributed by atoms with E-state index in [-0.39, 0.29) is 18.2 Å². The fourth-order valence-electron chi connectivity index (χ4n) is 1.64. The first-order chi connectivity index (χ1) is 9.75. The number of hydrogen-bond acceptors (Lipinski definition) is 3. The van der Waals surface area contributed by atoms with E-state index in [2.05, 4.69) is 20.6 Å². The van der Waals surface area contributed by atoms with Crippen LogP contribution in [-0.4, -0.2) is 28.3 Å². The maximum atomic E-state index is 11.7. The number of H-pyrrole nitrogens is 1. The largest absolute Gasteiger partial charge is 0.352 e. The Balaban J connectivity index is 1.65. The van der Waals surface area contributed by atoms with Crippen molar-refractivity contribution in [2.45, 2.75) is 13.0 Å². The van der Waals surface area contributed by atoms with Gasteiger partial charge in [0.2, 0.25) is 5.91 Å². The standard InChI is InChI=1S/C14H16N4O2/c19-13(17-9-12-8-15-10-18-12)6-7-16-14(20)11-4-2-1-3-5-11/h1-5,8,10H,6-7,9H2,(H,15,18)(H,16,20)(H,17,19). The van der Waals surface area contributed by atoms with Crippen molar-refractivity contribution in [3.8, 4) is 0 Å². The third kappa shape index (κ3) is 4.24. The lowest BCUT2D eigenvalue weighted by Crippen LogP contribution is -2.30. The zero-order valence-electron chi connectivity index (χ0n) is 10.9. The summed E-state index contributed by atoms with van der Waals surface area (Å²) in [5.41, 5.74) is 1.43. The first kappa shape index (κ1) is 13.8. The van der Waals surface area contributed by atoms with E-state index in [0.717, 1.165) is 5.69 Å². The summed E-state index contributed by atoms with van der Waals surface area (Å²) in [6.45, 7) is 0.716. The second-order valence-corrected chi connectivity index (χ2v) is 4.23. The second-order valence-electron chi connectivity index (χ2n) is 4.23. The van der Waals surface area contributed by atoms with Gasteiger partial charge in [0.05, 0.1) is 18.6 Å². The van der Waals surface area contributed by atoms with Gasteiger partial charge in [-0.05, 0) is 12.1 Å². The van der Waals surface area contributed by atoms with Crippen LogP contribution in [0.1, 0.15) is 22.5 Å². The molecule has 20 heavy (non-hydrogen) atoms. The van der Waals surface area contributed by atoms with Crippen LogP contribution < -0.4 is 10.6 Å². The lowest BCUT2D eigenvalue weighted by molar-refractivity contribution is -0.121. The van der Waals surface area contributed by atoms with Crippen LogP contribution in [0.2, 0.25) is 0 Å². The molecule has 0 saturated heterocycles. The molecule has 0 atom stereocenters. The summed E-state index contributed by atoms with van der Waals surface area (Å²) in [6.07, 6.45) is 3.45. The van der Waals surface area contributed by atoms with Crippen LogP contribution in [0.5, 0.6) is 0 Å². The predicted octanol–water partition coefficient (Wildman–Crippen LogP) is 0.846. The highest BCUT2D eigenvalue weighted by atomic mass is 16.2. The Bertz CT molecular complexity index is 552. The zero-order valence-corrected chi connectivity index (χ0v) is 10.9. The Hall–Kier alpha value is -2.63.